The minimum absolute atomic E-state index is 0.191. The molecule has 0 aromatic heterocycles. The van der Waals surface area contributed by atoms with E-state index in [0.717, 1.165) is 0 Å². The predicted molar refractivity (Wildman–Crippen MR) is 86.6 cm³/mol. The molecule has 0 saturated carbocycles. The molecule has 0 saturated heterocycles. The summed E-state index contributed by atoms with van der Waals surface area (Å²) < 4.78 is 52.6. The number of hydrogen-bond acceptors (Lipinski definition) is 7. The van der Waals surface area contributed by atoms with Crippen LogP contribution < -0.4 is 0 Å². The van der Waals surface area contributed by atoms with Crippen molar-refractivity contribution in [1.29, 1.82) is 0 Å². The zero-order chi connectivity index (χ0) is 17.1. The molecule has 0 aromatic rings. The van der Waals surface area contributed by atoms with E-state index in [9.17, 15) is 9.13 Å². The Hall–Kier alpha value is 0.260. The molecule has 0 rings (SSSR count). The third kappa shape index (κ3) is 6.79. The van der Waals surface area contributed by atoms with Gasteiger partial charge in [-0.25, -0.2) is 0 Å². The van der Waals surface area contributed by atoms with E-state index < -0.39 is 20.6 Å². The lowest BCUT2D eigenvalue weighted by Crippen LogP contribution is -2.18. The third-order valence-electron chi connectivity index (χ3n) is 2.78. The van der Waals surface area contributed by atoms with Crippen molar-refractivity contribution >= 4 is 15.2 Å². The molecular weight excluding hydrogens is 330 g/mol. The molecular formula is C13H30O7P2. The smallest absolute Gasteiger partial charge is 0.345 e. The van der Waals surface area contributed by atoms with Crippen molar-refractivity contribution in [3.8, 4) is 0 Å². The lowest BCUT2D eigenvalue weighted by molar-refractivity contribution is 0.179. The molecule has 0 amide bonds. The summed E-state index contributed by atoms with van der Waals surface area (Å²) in [7, 11) is -5.66. The Morgan fingerprint density at radius 3 is 1.41 bits per heavy atom. The molecule has 0 unspecified atom stereocenters. The van der Waals surface area contributed by atoms with Crippen LogP contribution >= 0.6 is 15.2 Å². The van der Waals surface area contributed by atoms with Gasteiger partial charge in [-0.3, -0.25) is 9.13 Å². The quantitative estimate of drug-likeness (QED) is 0.338. The van der Waals surface area contributed by atoms with Crippen LogP contribution in [-0.2, 0) is 32.0 Å². The second-order valence-corrected chi connectivity index (χ2v) is 9.21. The summed E-state index contributed by atoms with van der Waals surface area (Å²) >= 11 is 0. The van der Waals surface area contributed by atoms with Gasteiger partial charge >= 0.3 is 15.2 Å². The Morgan fingerprint density at radius 1 is 0.773 bits per heavy atom. The highest BCUT2D eigenvalue weighted by molar-refractivity contribution is 7.72. The fourth-order valence-corrected chi connectivity index (χ4v) is 7.50. The molecule has 0 radical (unpaired) electrons. The summed E-state index contributed by atoms with van der Waals surface area (Å²) in [5.74, 6) is 0. The molecule has 0 bridgehead atoms. The Kier molecular flexibility index (Phi) is 11.9. The molecule has 0 N–H and O–H groups in total. The molecule has 0 atom stereocenters. The van der Waals surface area contributed by atoms with Crippen molar-refractivity contribution in [3.63, 3.8) is 0 Å². The molecule has 7 nitrogen and oxygen atoms in total. The maximum atomic E-state index is 13.1. The second kappa shape index (κ2) is 11.7. The SMILES string of the molecule is CCOP(=O)(OCC)C(CCCOC)P(=O)(OCC)OCC. The van der Waals surface area contributed by atoms with Crippen molar-refractivity contribution in [2.24, 2.45) is 0 Å². The van der Waals surface area contributed by atoms with Crippen molar-refractivity contribution < 1.29 is 32.0 Å². The van der Waals surface area contributed by atoms with Gasteiger partial charge < -0.3 is 22.8 Å². The number of methoxy groups -OCH3 is 1. The van der Waals surface area contributed by atoms with Crippen LogP contribution in [0, 0.1) is 0 Å². The van der Waals surface area contributed by atoms with Gasteiger partial charge in [-0.2, -0.15) is 0 Å². The standard InChI is InChI=1S/C13H30O7P2/c1-6-17-21(14,18-7-2)13(11-10-12-16-5)22(15,19-8-3)20-9-4/h13H,6-12H2,1-5H3. The van der Waals surface area contributed by atoms with Crippen LogP contribution in [0.2, 0.25) is 0 Å². The first-order chi connectivity index (χ1) is 10.4. The summed E-state index contributed by atoms with van der Waals surface area (Å²) in [6.07, 6.45) is 0.859. The zero-order valence-corrected chi connectivity index (χ0v) is 16.1. The van der Waals surface area contributed by atoms with E-state index in [2.05, 4.69) is 0 Å². The van der Waals surface area contributed by atoms with Crippen LogP contribution in [0.15, 0.2) is 0 Å². The highest BCUT2D eigenvalue weighted by atomic mass is 31.2. The van der Waals surface area contributed by atoms with E-state index in [1.165, 1.54) is 0 Å². The van der Waals surface area contributed by atoms with Gasteiger partial charge in [0.1, 0.15) is 0 Å². The molecule has 0 spiro atoms. The summed E-state index contributed by atoms with van der Waals surface area (Å²) in [4.78, 5) is 0. The van der Waals surface area contributed by atoms with E-state index in [1.54, 1.807) is 34.8 Å². The van der Waals surface area contributed by atoms with Crippen LogP contribution in [0.25, 0.3) is 0 Å². The number of hydrogen-bond donors (Lipinski definition) is 0. The Morgan fingerprint density at radius 2 is 1.14 bits per heavy atom. The van der Waals surface area contributed by atoms with Crippen molar-refractivity contribution in [1.82, 2.24) is 0 Å². The topological polar surface area (TPSA) is 80.3 Å². The molecule has 0 aliphatic carbocycles. The van der Waals surface area contributed by atoms with Crippen molar-refractivity contribution in [2.45, 2.75) is 45.9 Å². The first-order valence-electron chi connectivity index (χ1n) is 7.70. The van der Waals surface area contributed by atoms with Crippen LogP contribution in [0.5, 0.6) is 0 Å². The molecule has 0 fully saturated rings. The molecule has 0 heterocycles. The van der Waals surface area contributed by atoms with Crippen LogP contribution in [0.3, 0.4) is 0 Å². The lowest BCUT2D eigenvalue weighted by Gasteiger charge is -2.31. The maximum Gasteiger partial charge on any atom is 0.345 e. The van der Waals surface area contributed by atoms with Gasteiger partial charge in [0, 0.05) is 13.7 Å². The number of ether oxygens (including phenoxy) is 1. The maximum absolute atomic E-state index is 13.1. The highest BCUT2D eigenvalue weighted by Crippen LogP contribution is 2.71. The minimum Gasteiger partial charge on any atom is -0.385 e. The zero-order valence-electron chi connectivity index (χ0n) is 14.3. The van der Waals surface area contributed by atoms with Gasteiger partial charge in [-0.15, -0.1) is 0 Å². The molecule has 22 heavy (non-hydrogen) atoms. The van der Waals surface area contributed by atoms with Crippen LogP contribution in [-0.4, -0.2) is 45.5 Å². The summed E-state index contributed by atoms with van der Waals surface area (Å²) in [6, 6.07) is 0. The first-order valence-corrected chi connectivity index (χ1v) is 10.9. The van der Waals surface area contributed by atoms with Gasteiger partial charge in [-0.1, -0.05) is 0 Å². The highest BCUT2D eigenvalue weighted by Gasteiger charge is 2.50. The average molecular weight is 360 g/mol. The Labute approximate surface area is 134 Å². The molecule has 9 heteroatoms. The summed E-state index contributed by atoms with van der Waals surface area (Å²) in [5.41, 5.74) is 0. The second-order valence-electron chi connectivity index (χ2n) is 4.37. The molecule has 0 aliphatic rings. The fourth-order valence-electron chi connectivity index (χ4n) is 2.04. The third-order valence-corrected chi connectivity index (χ3v) is 8.92. The Balaban J connectivity index is 5.54. The largest absolute Gasteiger partial charge is 0.385 e. The minimum atomic E-state index is -3.62. The van der Waals surface area contributed by atoms with E-state index in [0.29, 0.717) is 19.4 Å². The van der Waals surface area contributed by atoms with E-state index in [4.69, 9.17) is 22.8 Å². The molecule has 134 valence electrons. The monoisotopic (exact) mass is 360 g/mol. The van der Waals surface area contributed by atoms with Crippen molar-refractivity contribution in [3.05, 3.63) is 0 Å². The average Bonchev–Trinajstić information content (AvgIpc) is 2.44. The van der Waals surface area contributed by atoms with E-state index in [-0.39, 0.29) is 26.4 Å². The van der Waals surface area contributed by atoms with E-state index in [1.807, 2.05) is 0 Å². The van der Waals surface area contributed by atoms with Gasteiger partial charge in [0.2, 0.25) is 0 Å². The number of rotatable bonds is 14. The summed E-state index contributed by atoms with van der Waals surface area (Å²) in [5, 5.41) is -0.949. The fraction of sp³-hybridized carbons (Fsp3) is 1.00. The lowest BCUT2D eigenvalue weighted by atomic mass is 10.3. The van der Waals surface area contributed by atoms with Gasteiger partial charge in [0.05, 0.1) is 26.4 Å². The normalized spacial score (nSPS) is 13.0. The predicted octanol–water partition coefficient (Wildman–Crippen LogP) is 4.27. The molecule has 0 aliphatic heterocycles. The van der Waals surface area contributed by atoms with Crippen LogP contribution in [0.4, 0.5) is 0 Å². The van der Waals surface area contributed by atoms with E-state index >= 15 is 0 Å². The van der Waals surface area contributed by atoms with Gasteiger partial charge in [-0.05, 0) is 40.5 Å². The molecule has 0 aromatic carbocycles. The Bertz CT molecular complexity index is 325. The first kappa shape index (κ1) is 22.3. The summed E-state index contributed by atoms with van der Waals surface area (Å²) in [6.45, 7) is 8.06. The van der Waals surface area contributed by atoms with Crippen molar-refractivity contribution in [2.75, 3.05) is 40.1 Å². The van der Waals surface area contributed by atoms with Crippen LogP contribution in [0.1, 0.15) is 40.5 Å². The van der Waals surface area contributed by atoms with Gasteiger partial charge in [0.15, 0.2) is 5.40 Å². The van der Waals surface area contributed by atoms with Gasteiger partial charge in [0.25, 0.3) is 0 Å².